The van der Waals surface area contributed by atoms with Gasteiger partial charge in [0.25, 0.3) is 5.91 Å². The van der Waals surface area contributed by atoms with Crippen LogP contribution in [0.25, 0.3) is 0 Å². The number of carbonyl (C=O) groups excluding carboxylic acids is 1. The fourth-order valence-electron chi connectivity index (χ4n) is 3.85. The summed E-state index contributed by atoms with van der Waals surface area (Å²) in [5.74, 6) is 0.733. The minimum absolute atomic E-state index is 0.0479. The number of fused-ring (bicyclic) bond motifs is 1. The number of nitrogens with zero attached hydrogens (tertiary/aromatic N) is 1. The highest BCUT2D eigenvalue weighted by atomic mass is 79.9. The molecule has 1 aromatic heterocycles. The largest absolute Gasteiger partial charge is 0.490 e. The summed E-state index contributed by atoms with van der Waals surface area (Å²) < 4.78 is 6.91. The van der Waals surface area contributed by atoms with Crippen LogP contribution in [0, 0.1) is 0 Å². The third-order valence-electron chi connectivity index (χ3n) is 5.33. The number of rotatable bonds is 7. The molecule has 0 atom stereocenters. The maximum atomic E-state index is 13.2. The molecule has 0 saturated heterocycles. The number of halogens is 1. The molecule has 166 valence electrons. The molecule has 32 heavy (non-hydrogen) atoms. The Bertz CT molecular complexity index is 1120. The molecule has 6 heteroatoms. The molecule has 1 aliphatic carbocycles. The first-order chi connectivity index (χ1) is 15.5. The Hall–Kier alpha value is -2.44. The van der Waals surface area contributed by atoms with Gasteiger partial charge in [0.05, 0.1) is 11.7 Å². The van der Waals surface area contributed by atoms with Crippen LogP contribution in [0.4, 0.5) is 5.00 Å². The maximum Gasteiger partial charge on any atom is 0.254 e. The van der Waals surface area contributed by atoms with Crippen LogP contribution in [-0.2, 0) is 19.4 Å². The molecular weight excluding hydrogens is 484 g/mol. The monoisotopic (exact) mass is 510 g/mol. The van der Waals surface area contributed by atoms with E-state index in [0.717, 1.165) is 51.2 Å². The molecule has 1 N–H and O–H groups in total. The Balaban J connectivity index is 1.64. The molecule has 4 rings (SSSR count). The Kier molecular flexibility index (Phi) is 7.43. The van der Waals surface area contributed by atoms with E-state index in [1.807, 2.05) is 68.6 Å². The Morgan fingerprint density at radius 1 is 1.19 bits per heavy atom. The first-order valence-corrected chi connectivity index (χ1v) is 12.6. The molecule has 1 aliphatic rings. The highest BCUT2D eigenvalue weighted by Gasteiger charge is 2.25. The van der Waals surface area contributed by atoms with Crippen LogP contribution < -0.4 is 10.1 Å². The summed E-state index contributed by atoms with van der Waals surface area (Å²) in [5, 5.41) is 3.87. The molecule has 1 heterocycles. The van der Waals surface area contributed by atoms with E-state index in [9.17, 15) is 4.79 Å². The Morgan fingerprint density at radius 3 is 2.75 bits per heavy atom. The summed E-state index contributed by atoms with van der Waals surface area (Å²) >= 11 is 5.18. The van der Waals surface area contributed by atoms with Crippen LogP contribution in [0.15, 0.2) is 58.0 Å². The summed E-state index contributed by atoms with van der Waals surface area (Å²) in [6.45, 7) is 4.52. The number of thiophene rings is 1. The number of aliphatic imine (C=N–C) groups is 1. The minimum Gasteiger partial charge on any atom is -0.490 e. The molecular formula is C26H27BrN2O2S. The Labute approximate surface area is 201 Å². The zero-order chi connectivity index (χ0) is 22.5. The smallest absolute Gasteiger partial charge is 0.254 e. The van der Waals surface area contributed by atoms with Gasteiger partial charge in [-0.25, -0.2) is 4.99 Å². The molecule has 0 fully saturated rings. The number of carbonyl (C=O) groups is 1. The number of hydrogen-bond acceptors (Lipinski definition) is 4. The number of amides is 1. The van der Waals surface area contributed by atoms with Crippen molar-refractivity contribution in [1.29, 1.82) is 0 Å². The Morgan fingerprint density at radius 2 is 1.97 bits per heavy atom. The molecule has 0 radical (unpaired) electrons. The summed E-state index contributed by atoms with van der Waals surface area (Å²) in [6.07, 6.45) is 6.12. The van der Waals surface area contributed by atoms with E-state index in [1.165, 1.54) is 16.9 Å². The molecule has 0 saturated carbocycles. The summed E-state index contributed by atoms with van der Waals surface area (Å²) in [5.41, 5.74) is 3.87. The number of benzene rings is 2. The van der Waals surface area contributed by atoms with E-state index >= 15 is 0 Å². The molecule has 2 aromatic carbocycles. The van der Waals surface area contributed by atoms with Crippen molar-refractivity contribution in [3.63, 3.8) is 0 Å². The van der Waals surface area contributed by atoms with Crippen molar-refractivity contribution < 1.29 is 9.53 Å². The average molecular weight is 511 g/mol. The summed E-state index contributed by atoms with van der Waals surface area (Å²) in [4.78, 5) is 19.3. The van der Waals surface area contributed by atoms with Crippen molar-refractivity contribution in [3.8, 4) is 5.75 Å². The predicted molar refractivity (Wildman–Crippen MR) is 136 cm³/mol. The first kappa shape index (κ1) is 22.7. The third-order valence-corrected chi connectivity index (χ3v) is 7.02. The molecule has 4 nitrogen and oxygen atoms in total. The van der Waals surface area contributed by atoms with E-state index in [4.69, 9.17) is 9.73 Å². The fourth-order valence-corrected chi connectivity index (χ4v) is 5.46. The highest BCUT2D eigenvalue weighted by molar-refractivity contribution is 9.10. The second kappa shape index (κ2) is 10.5. The SMILES string of the molecule is CC(C)Oc1ccc(Br)cc1C=Nc1sc2c(c1C(=O)NCc1ccccc1)CCCC2. The number of nitrogens with one attached hydrogen (secondary N) is 1. The predicted octanol–water partition coefficient (Wildman–Crippen LogP) is 6.86. The zero-order valence-corrected chi connectivity index (χ0v) is 20.8. The first-order valence-electron chi connectivity index (χ1n) is 11.0. The second-order valence-electron chi connectivity index (χ2n) is 8.17. The summed E-state index contributed by atoms with van der Waals surface area (Å²) in [6, 6.07) is 15.9. The highest BCUT2D eigenvalue weighted by Crippen LogP contribution is 2.40. The summed E-state index contributed by atoms with van der Waals surface area (Å²) in [7, 11) is 0. The quantitative estimate of drug-likeness (QED) is 0.353. The van der Waals surface area contributed by atoms with Gasteiger partial charge < -0.3 is 10.1 Å². The van der Waals surface area contributed by atoms with Crippen molar-refractivity contribution in [3.05, 3.63) is 80.1 Å². The van der Waals surface area contributed by atoms with Gasteiger partial charge in [0, 0.05) is 27.7 Å². The van der Waals surface area contributed by atoms with Crippen LogP contribution in [0.2, 0.25) is 0 Å². The van der Waals surface area contributed by atoms with Gasteiger partial charge in [-0.05, 0) is 68.9 Å². The number of hydrogen-bond donors (Lipinski definition) is 1. The van der Waals surface area contributed by atoms with E-state index in [0.29, 0.717) is 6.54 Å². The third kappa shape index (κ3) is 5.48. The average Bonchev–Trinajstić information content (AvgIpc) is 3.16. The lowest BCUT2D eigenvalue weighted by Crippen LogP contribution is -2.24. The van der Waals surface area contributed by atoms with Gasteiger partial charge >= 0.3 is 0 Å². The van der Waals surface area contributed by atoms with Crippen molar-refractivity contribution in [1.82, 2.24) is 5.32 Å². The van der Waals surface area contributed by atoms with Gasteiger partial charge in [0.2, 0.25) is 0 Å². The van der Waals surface area contributed by atoms with Gasteiger partial charge in [-0.15, -0.1) is 11.3 Å². The van der Waals surface area contributed by atoms with Gasteiger partial charge in [-0.1, -0.05) is 46.3 Å². The van der Waals surface area contributed by atoms with Crippen molar-refractivity contribution >= 4 is 44.4 Å². The normalized spacial score (nSPS) is 13.4. The van der Waals surface area contributed by atoms with Gasteiger partial charge in [-0.2, -0.15) is 0 Å². The molecule has 0 unspecified atom stereocenters. The second-order valence-corrected chi connectivity index (χ2v) is 10.2. The van der Waals surface area contributed by atoms with Crippen LogP contribution in [-0.4, -0.2) is 18.2 Å². The molecule has 1 amide bonds. The van der Waals surface area contributed by atoms with Gasteiger partial charge in [0.15, 0.2) is 0 Å². The van der Waals surface area contributed by atoms with E-state index in [1.54, 1.807) is 11.3 Å². The van der Waals surface area contributed by atoms with Crippen molar-refractivity contribution in [2.45, 2.75) is 52.2 Å². The molecule has 3 aromatic rings. The lowest BCUT2D eigenvalue weighted by molar-refractivity contribution is 0.0951. The molecule has 0 bridgehead atoms. The number of aryl methyl sites for hydroxylation is 1. The van der Waals surface area contributed by atoms with E-state index in [2.05, 4.69) is 21.2 Å². The van der Waals surface area contributed by atoms with Crippen molar-refractivity contribution in [2.75, 3.05) is 0 Å². The molecule has 0 aliphatic heterocycles. The topological polar surface area (TPSA) is 50.7 Å². The lowest BCUT2D eigenvalue weighted by atomic mass is 9.95. The van der Waals surface area contributed by atoms with Gasteiger partial charge in [-0.3, -0.25) is 4.79 Å². The van der Waals surface area contributed by atoms with Crippen molar-refractivity contribution in [2.24, 2.45) is 4.99 Å². The van der Waals surface area contributed by atoms with Crippen LogP contribution in [0.3, 0.4) is 0 Å². The zero-order valence-electron chi connectivity index (χ0n) is 18.4. The lowest BCUT2D eigenvalue weighted by Gasteiger charge is -2.13. The van der Waals surface area contributed by atoms with Crippen LogP contribution in [0.1, 0.15) is 58.6 Å². The standard InChI is InChI=1S/C26H27BrN2O2S/c1-17(2)31-22-13-12-20(27)14-19(22)16-29-26-24(21-10-6-7-11-23(21)32-26)25(30)28-15-18-8-4-3-5-9-18/h3-5,8-9,12-14,16-17H,6-7,10-11,15H2,1-2H3,(H,28,30). The number of ether oxygens (including phenoxy) is 1. The minimum atomic E-state index is -0.0479. The van der Waals surface area contributed by atoms with E-state index < -0.39 is 0 Å². The van der Waals surface area contributed by atoms with E-state index in [-0.39, 0.29) is 12.0 Å². The maximum absolute atomic E-state index is 13.2. The fraction of sp³-hybridized carbons (Fsp3) is 0.308. The van der Waals surface area contributed by atoms with Gasteiger partial charge in [0.1, 0.15) is 10.8 Å². The van der Waals surface area contributed by atoms with Crippen LogP contribution >= 0.6 is 27.3 Å². The van der Waals surface area contributed by atoms with Crippen LogP contribution in [0.5, 0.6) is 5.75 Å². The molecule has 0 spiro atoms.